The molecule has 0 saturated carbocycles. The SMILES string of the molecule is COc1cc(-c2cc(C(=O)O)on2)cc(C(F)(F)F)c1O. The highest BCUT2D eigenvalue weighted by molar-refractivity contribution is 5.85. The Morgan fingerprint density at radius 3 is 2.48 bits per heavy atom. The summed E-state index contributed by atoms with van der Waals surface area (Å²) in [5, 5.41) is 21.6. The van der Waals surface area contributed by atoms with E-state index in [0.29, 0.717) is 6.07 Å². The number of aromatic hydroxyl groups is 1. The van der Waals surface area contributed by atoms with Gasteiger partial charge in [-0.15, -0.1) is 0 Å². The number of carboxylic acid groups (broad SMARTS) is 1. The molecule has 0 aliphatic carbocycles. The van der Waals surface area contributed by atoms with E-state index in [1.54, 1.807) is 0 Å². The summed E-state index contributed by atoms with van der Waals surface area (Å²) >= 11 is 0. The van der Waals surface area contributed by atoms with E-state index >= 15 is 0 Å². The molecule has 1 aromatic carbocycles. The number of aromatic carboxylic acids is 1. The van der Waals surface area contributed by atoms with Gasteiger partial charge in [0, 0.05) is 11.6 Å². The summed E-state index contributed by atoms with van der Waals surface area (Å²) in [6.07, 6.45) is -4.81. The number of aromatic nitrogens is 1. The van der Waals surface area contributed by atoms with E-state index < -0.39 is 35.0 Å². The van der Waals surface area contributed by atoms with Crippen molar-refractivity contribution in [1.82, 2.24) is 5.16 Å². The lowest BCUT2D eigenvalue weighted by Gasteiger charge is -2.13. The lowest BCUT2D eigenvalue weighted by molar-refractivity contribution is -0.138. The van der Waals surface area contributed by atoms with Gasteiger partial charge in [0.25, 0.3) is 0 Å². The molecular formula is C12H8F3NO5. The second-order valence-electron chi connectivity index (χ2n) is 3.95. The zero-order valence-corrected chi connectivity index (χ0v) is 10.4. The maximum Gasteiger partial charge on any atom is 0.420 e. The number of rotatable bonds is 3. The second-order valence-corrected chi connectivity index (χ2v) is 3.95. The highest BCUT2D eigenvalue weighted by Gasteiger charge is 2.36. The Balaban J connectivity index is 2.60. The molecule has 0 radical (unpaired) electrons. The van der Waals surface area contributed by atoms with Crippen LogP contribution in [0.3, 0.4) is 0 Å². The fourth-order valence-corrected chi connectivity index (χ4v) is 1.64. The summed E-state index contributed by atoms with van der Waals surface area (Å²) in [5.41, 5.74) is -1.55. The summed E-state index contributed by atoms with van der Waals surface area (Å²) in [7, 11) is 1.09. The lowest BCUT2D eigenvalue weighted by Crippen LogP contribution is -2.06. The number of phenols is 1. The second kappa shape index (κ2) is 5.00. The van der Waals surface area contributed by atoms with Crippen LogP contribution in [0, 0.1) is 0 Å². The molecule has 0 amide bonds. The number of ether oxygens (including phenoxy) is 1. The number of hydrogen-bond acceptors (Lipinski definition) is 5. The van der Waals surface area contributed by atoms with Gasteiger partial charge >= 0.3 is 12.1 Å². The average molecular weight is 303 g/mol. The van der Waals surface area contributed by atoms with E-state index in [0.717, 1.165) is 19.2 Å². The summed E-state index contributed by atoms with van der Waals surface area (Å²) in [6, 6.07) is 2.68. The maximum atomic E-state index is 12.8. The van der Waals surface area contributed by atoms with Gasteiger partial charge in [0.05, 0.1) is 7.11 Å². The van der Waals surface area contributed by atoms with Gasteiger partial charge in [0.2, 0.25) is 5.76 Å². The third-order valence-electron chi connectivity index (χ3n) is 2.62. The van der Waals surface area contributed by atoms with Crippen molar-refractivity contribution in [2.45, 2.75) is 6.18 Å². The van der Waals surface area contributed by atoms with Gasteiger partial charge in [-0.2, -0.15) is 13.2 Å². The van der Waals surface area contributed by atoms with Crippen molar-refractivity contribution in [3.8, 4) is 22.8 Å². The number of carboxylic acids is 1. The van der Waals surface area contributed by atoms with E-state index in [2.05, 4.69) is 14.4 Å². The molecule has 0 spiro atoms. The molecular weight excluding hydrogens is 295 g/mol. The van der Waals surface area contributed by atoms with Gasteiger partial charge in [0.15, 0.2) is 11.5 Å². The summed E-state index contributed by atoms with van der Waals surface area (Å²) in [6.45, 7) is 0. The maximum absolute atomic E-state index is 12.8. The van der Waals surface area contributed by atoms with Crippen LogP contribution >= 0.6 is 0 Å². The quantitative estimate of drug-likeness (QED) is 0.905. The molecule has 0 aliphatic rings. The first-order valence-corrected chi connectivity index (χ1v) is 5.42. The fourth-order valence-electron chi connectivity index (χ4n) is 1.64. The first kappa shape index (κ1) is 14.7. The topological polar surface area (TPSA) is 92.8 Å². The Labute approximate surface area is 115 Å². The van der Waals surface area contributed by atoms with Crippen molar-refractivity contribution >= 4 is 5.97 Å². The highest BCUT2D eigenvalue weighted by Crippen LogP contribution is 2.43. The van der Waals surface area contributed by atoms with Crippen LogP contribution in [-0.4, -0.2) is 28.4 Å². The van der Waals surface area contributed by atoms with Crippen LogP contribution in [0.1, 0.15) is 16.1 Å². The largest absolute Gasteiger partial charge is 0.504 e. The molecule has 0 bridgehead atoms. The van der Waals surface area contributed by atoms with E-state index in [1.807, 2.05) is 0 Å². The molecule has 9 heteroatoms. The van der Waals surface area contributed by atoms with Crippen molar-refractivity contribution in [3.63, 3.8) is 0 Å². The highest BCUT2D eigenvalue weighted by atomic mass is 19.4. The van der Waals surface area contributed by atoms with Crippen LogP contribution in [0.4, 0.5) is 13.2 Å². The third kappa shape index (κ3) is 2.76. The summed E-state index contributed by atoms with van der Waals surface area (Å²) in [5.74, 6) is -3.41. The number of halogens is 3. The zero-order valence-electron chi connectivity index (χ0n) is 10.4. The molecule has 1 aromatic heterocycles. The predicted molar refractivity (Wildman–Crippen MR) is 62.1 cm³/mol. The minimum atomic E-state index is -4.81. The lowest BCUT2D eigenvalue weighted by atomic mass is 10.1. The Kier molecular flexibility index (Phi) is 3.50. The summed E-state index contributed by atoms with van der Waals surface area (Å²) in [4.78, 5) is 10.7. The van der Waals surface area contributed by atoms with Crippen molar-refractivity contribution < 1.29 is 37.4 Å². The van der Waals surface area contributed by atoms with Crippen LogP contribution in [0.15, 0.2) is 22.7 Å². The average Bonchev–Trinajstić information content (AvgIpc) is 2.87. The molecule has 2 N–H and O–H groups in total. The minimum absolute atomic E-state index is 0.103. The molecule has 1 heterocycles. The molecule has 2 rings (SSSR count). The van der Waals surface area contributed by atoms with Gasteiger partial charge < -0.3 is 19.5 Å². The van der Waals surface area contributed by atoms with Crippen LogP contribution in [0.2, 0.25) is 0 Å². The zero-order chi connectivity index (χ0) is 15.8. The van der Waals surface area contributed by atoms with Gasteiger partial charge in [-0.1, -0.05) is 5.16 Å². The van der Waals surface area contributed by atoms with Gasteiger partial charge in [-0.25, -0.2) is 4.79 Å². The number of hydrogen-bond donors (Lipinski definition) is 2. The standard InChI is InChI=1S/C12H8F3NO5/c1-20-8-3-5(2-6(10(8)17)12(13,14)15)7-4-9(11(18)19)21-16-7/h2-4,17H,1H3,(H,18,19). The Hall–Kier alpha value is -2.71. The third-order valence-corrected chi connectivity index (χ3v) is 2.62. The van der Waals surface area contributed by atoms with Gasteiger partial charge in [0.1, 0.15) is 11.3 Å². The number of carbonyl (C=O) groups is 1. The molecule has 0 unspecified atom stereocenters. The van der Waals surface area contributed by atoms with E-state index in [-0.39, 0.29) is 11.3 Å². The number of alkyl halides is 3. The van der Waals surface area contributed by atoms with Gasteiger partial charge in [-0.3, -0.25) is 0 Å². The van der Waals surface area contributed by atoms with Crippen molar-refractivity contribution in [2.75, 3.05) is 7.11 Å². The Bertz CT molecular complexity index is 693. The molecule has 0 fully saturated rings. The Morgan fingerprint density at radius 2 is 2.00 bits per heavy atom. The molecule has 0 aliphatic heterocycles. The fraction of sp³-hybridized carbons (Fsp3) is 0.167. The van der Waals surface area contributed by atoms with E-state index in [4.69, 9.17) is 5.11 Å². The van der Waals surface area contributed by atoms with Crippen molar-refractivity contribution in [3.05, 3.63) is 29.5 Å². The predicted octanol–water partition coefficient (Wildman–Crippen LogP) is 2.77. The van der Waals surface area contributed by atoms with E-state index in [9.17, 15) is 23.1 Å². The van der Waals surface area contributed by atoms with Crippen LogP contribution in [-0.2, 0) is 6.18 Å². The van der Waals surface area contributed by atoms with Crippen LogP contribution < -0.4 is 4.74 Å². The molecule has 0 saturated heterocycles. The molecule has 21 heavy (non-hydrogen) atoms. The smallest absolute Gasteiger partial charge is 0.420 e. The normalized spacial score (nSPS) is 11.4. The first-order valence-electron chi connectivity index (χ1n) is 5.42. The Morgan fingerprint density at radius 1 is 1.33 bits per heavy atom. The molecule has 112 valence electrons. The molecule has 6 nitrogen and oxygen atoms in total. The van der Waals surface area contributed by atoms with Crippen molar-refractivity contribution in [1.29, 1.82) is 0 Å². The van der Waals surface area contributed by atoms with Crippen molar-refractivity contribution in [2.24, 2.45) is 0 Å². The first-order chi connectivity index (χ1) is 9.74. The number of nitrogens with zero attached hydrogens (tertiary/aromatic N) is 1. The van der Waals surface area contributed by atoms with Crippen LogP contribution in [0.25, 0.3) is 11.3 Å². The number of phenolic OH excluding ortho intramolecular Hbond substituents is 1. The minimum Gasteiger partial charge on any atom is -0.504 e. The molecule has 0 atom stereocenters. The van der Waals surface area contributed by atoms with Crippen LogP contribution in [0.5, 0.6) is 11.5 Å². The number of methoxy groups -OCH3 is 1. The molecule has 2 aromatic rings. The van der Waals surface area contributed by atoms with Gasteiger partial charge in [-0.05, 0) is 12.1 Å². The number of benzene rings is 1. The van der Waals surface area contributed by atoms with E-state index in [1.165, 1.54) is 0 Å². The summed E-state index contributed by atoms with van der Waals surface area (Å²) < 4.78 is 47.7. The monoisotopic (exact) mass is 303 g/mol.